The molecule has 2 aromatic rings. The molecule has 3 rings (SSSR count). The molecule has 1 aliphatic heterocycles. The highest BCUT2D eigenvalue weighted by molar-refractivity contribution is 5.95. The van der Waals surface area contributed by atoms with E-state index in [9.17, 15) is 4.79 Å². The van der Waals surface area contributed by atoms with Gasteiger partial charge in [-0.15, -0.1) is 0 Å². The van der Waals surface area contributed by atoms with E-state index in [0.717, 1.165) is 43.3 Å². The third-order valence-corrected chi connectivity index (χ3v) is 4.16. The predicted molar refractivity (Wildman–Crippen MR) is 93.9 cm³/mol. The molecular formula is C18H22N4O2. The zero-order valence-corrected chi connectivity index (χ0v) is 14.0. The molecule has 126 valence electrons. The molecule has 0 saturated carbocycles. The number of nitrogens with one attached hydrogen (secondary N) is 1. The summed E-state index contributed by atoms with van der Waals surface area (Å²) in [7, 11) is 3.70. The van der Waals surface area contributed by atoms with Crippen LogP contribution in [0.1, 0.15) is 10.4 Å². The maximum absolute atomic E-state index is 12.6. The highest BCUT2D eigenvalue weighted by Gasteiger charge is 2.20. The molecule has 0 spiro atoms. The minimum absolute atomic E-state index is 0.0271. The predicted octanol–water partition coefficient (Wildman–Crippen LogP) is 2.22. The van der Waals surface area contributed by atoms with Gasteiger partial charge in [0.2, 0.25) is 0 Å². The highest BCUT2D eigenvalue weighted by atomic mass is 16.5. The van der Waals surface area contributed by atoms with Crippen LogP contribution < -0.4 is 10.1 Å². The van der Waals surface area contributed by atoms with Gasteiger partial charge < -0.3 is 19.9 Å². The molecule has 24 heavy (non-hydrogen) atoms. The van der Waals surface area contributed by atoms with E-state index in [1.165, 1.54) is 0 Å². The molecule has 1 N–H and O–H groups in total. The number of ether oxygens (including phenoxy) is 1. The van der Waals surface area contributed by atoms with Crippen LogP contribution in [0.2, 0.25) is 0 Å². The first-order valence-corrected chi connectivity index (χ1v) is 8.00. The van der Waals surface area contributed by atoms with Crippen LogP contribution in [0.4, 0.5) is 11.4 Å². The Bertz CT molecular complexity index is 712. The number of carbonyl (C=O) groups excluding carboxylic acids is 1. The van der Waals surface area contributed by atoms with E-state index >= 15 is 0 Å². The lowest BCUT2D eigenvalue weighted by Crippen LogP contribution is -2.47. The number of carbonyl (C=O) groups is 1. The van der Waals surface area contributed by atoms with E-state index < -0.39 is 0 Å². The first-order valence-electron chi connectivity index (χ1n) is 8.00. The second kappa shape index (κ2) is 7.31. The minimum atomic E-state index is 0.0271. The fourth-order valence-corrected chi connectivity index (χ4v) is 2.72. The lowest BCUT2D eigenvalue weighted by atomic mass is 10.2. The van der Waals surface area contributed by atoms with Gasteiger partial charge in [-0.05, 0) is 25.2 Å². The van der Waals surface area contributed by atoms with Gasteiger partial charge in [0, 0.05) is 32.4 Å². The van der Waals surface area contributed by atoms with Crippen molar-refractivity contribution in [2.24, 2.45) is 0 Å². The molecule has 1 aromatic carbocycles. The summed E-state index contributed by atoms with van der Waals surface area (Å²) in [6.45, 7) is 3.30. The van der Waals surface area contributed by atoms with Crippen LogP contribution in [0.25, 0.3) is 0 Å². The normalized spacial score (nSPS) is 15.2. The van der Waals surface area contributed by atoms with Gasteiger partial charge in [-0.2, -0.15) is 0 Å². The summed E-state index contributed by atoms with van der Waals surface area (Å²) in [5, 5.41) is 3.26. The molecule has 0 aliphatic carbocycles. The van der Waals surface area contributed by atoms with Crippen LogP contribution in [-0.4, -0.2) is 61.0 Å². The Morgan fingerprint density at radius 3 is 2.67 bits per heavy atom. The van der Waals surface area contributed by atoms with Crippen molar-refractivity contribution in [1.82, 2.24) is 14.8 Å². The van der Waals surface area contributed by atoms with Crippen molar-refractivity contribution in [3.05, 3.63) is 48.3 Å². The van der Waals surface area contributed by atoms with E-state index in [-0.39, 0.29) is 5.91 Å². The van der Waals surface area contributed by atoms with Gasteiger partial charge in [-0.1, -0.05) is 12.1 Å². The molecule has 1 amide bonds. The van der Waals surface area contributed by atoms with Gasteiger partial charge in [0.25, 0.3) is 5.91 Å². The summed E-state index contributed by atoms with van der Waals surface area (Å²) in [6.07, 6.45) is 3.32. The van der Waals surface area contributed by atoms with Gasteiger partial charge in [0.05, 0.1) is 30.2 Å². The van der Waals surface area contributed by atoms with Crippen molar-refractivity contribution >= 4 is 17.3 Å². The van der Waals surface area contributed by atoms with Crippen LogP contribution in [-0.2, 0) is 0 Å². The molecule has 2 heterocycles. The number of rotatable bonds is 4. The largest absolute Gasteiger partial charge is 0.495 e. The number of likely N-dealkylation sites (N-methyl/N-ethyl adjacent to an activating group) is 1. The molecule has 1 aliphatic rings. The summed E-state index contributed by atoms with van der Waals surface area (Å²) >= 11 is 0. The minimum Gasteiger partial charge on any atom is -0.495 e. The second-order valence-electron chi connectivity index (χ2n) is 5.88. The summed E-state index contributed by atoms with van der Waals surface area (Å²) in [6, 6.07) is 9.48. The Labute approximate surface area is 142 Å². The zero-order valence-electron chi connectivity index (χ0n) is 14.0. The Kier molecular flexibility index (Phi) is 4.96. The van der Waals surface area contributed by atoms with Gasteiger partial charge in [-0.3, -0.25) is 9.78 Å². The first kappa shape index (κ1) is 16.3. The molecule has 0 bridgehead atoms. The van der Waals surface area contributed by atoms with E-state index in [4.69, 9.17) is 4.74 Å². The summed E-state index contributed by atoms with van der Waals surface area (Å²) < 4.78 is 5.34. The monoisotopic (exact) mass is 326 g/mol. The Hall–Kier alpha value is -2.60. The Morgan fingerprint density at radius 2 is 1.92 bits per heavy atom. The van der Waals surface area contributed by atoms with E-state index in [0.29, 0.717) is 5.56 Å². The van der Waals surface area contributed by atoms with Crippen molar-refractivity contribution < 1.29 is 9.53 Å². The highest BCUT2D eigenvalue weighted by Crippen LogP contribution is 2.27. The fourth-order valence-electron chi connectivity index (χ4n) is 2.72. The number of piperazine rings is 1. The summed E-state index contributed by atoms with van der Waals surface area (Å²) in [5.74, 6) is 0.771. The maximum atomic E-state index is 12.6. The number of pyridine rings is 1. The van der Waals surface area contributed by atoms with Crippen LogP contribution in [0.15, 0.2) is 42.7 Å². The van der Waals surface area contributed by atoms with Crippen molar-refractivity contribution in [1.29, 1.82) is 0 Å². The van der Waals surface area contributed by atoms with Crippen molar-refractivity contribution in [3.63, 3.8) is 0 Å². The number of hydrogen-bond donors (Lipinski definition) is 1. The molecule has 0 unspecified atom stereocenters. The van der Waals surface area contributed by atoms with Crippen LogP contribution in [0, 0.1) is 0 Å². The third-order valence-electron chi connectivity index (χ3n) is 4.16. The lowest BCUT2D eigenvalue weighted by Gasteiger charge is -2.32. The van der Waals surface area contributed by atoms with Crippen LogP contribution in [0.3, 0.4) is 0 Å². The number of nitrogens with zero attached hydrogens (tertiary/aromatic N) is 3. The SMILES string of the molecule is COc1ccccc1Nc1cncc(C(=O)N2CCN(C)CC2)c1. The molecule has 0 radical (unpaired) electrons. The van der Waals surface area contributed by atoms with Crippen molar-refractivity contribution in [2.75, 3.05) is 45.7 Å². The molecule has 1 saturated heterocycles. The smallest absolute Gasteiger partial charge is 0.255 e. The quantitative estimate of drug-likeness (QED) is 0.934. The summed E-state index contributed by atoms with van der Waals surface area (Å²) in [4.78, 5) is 21.0. The number of methoxy groups -OCH3 is 1. The van der Waals surface area contributed by atoms with E-state index in [1.54, 1.807) is 19.5 Å². The molecule has 1 aromatic heterocycles. The van der Waals surface area contributed by atoms with Crippen LogP contribution in [0.5, 0.6) is 5.75 Å². The number of hydrogen-bond acceptors (Lipinski definition) is 5. The topological polar surface area (TPSA) is 57.7 Å². The number of benzene rings is 1. The number of para-hydroxylation sites is 2. The number of aromatic nitrogens is 1. The molecule has 1 fully saturated rings. The van der Waals surface area contributed by atoms with Crippen LogP contribution >= 0.6 is 0 Å². The lowest BCUT2D eigenvalue weighted by molar-refractivity contribution is 0.0663. The second-order valence-corrected chi connectivity index (χ2v) is 5.88. The third kappa shape index (κ3) is 3.65. The fraction of sp³-hybridized carbons (Fsp3) is 0.333. The average Bonchev–Trinajstić information content (AvgIpc) is 2.62. The van der Waals surface area contributed by atoms with E-state index in [1.807, 2.05) is 35.2 Å². The standard InChI is InChI=1S/C18H22N4O2/c1-21-7-9-22(10-8-21)18(23)14-11-15(13-19-12-14)20-16-5-3-4-6-17(16)24-2/h3-6,11-13,20H,7-10H2,1-2H3. The van der Waals surface area contributed by atoms with Crippen molar-refractivity contribution in [3.8, 4) is 5.75 Å². The van der Waals surface area contributed by atoms with E-state index in [2.05, 4.69) is 22.2 Å². The summed E-state index contributed by atoms with van der Waals surface area (Å²) in [5.41, 5.74) is 2.20. The Balaban J connectivity index is 1.75. The number of anilines is 2. The first-order chi connectivity index (χ1) is 11.7. The van der Waals surface area contributed by atoms with Gasteiger partial charge >= 0.3 is 0 Å². The van der Waals surface area contributed by atoms with Crippen molar-refractivity contribution in [2.45, 2.75) is 0 Å². The number of amides is 1. The van der Waals surface area contributed by atoms with Gasteiger partial charge in [0.15, 0.2) is 0 Å². The van der Waals surface area contributed by atoms with Gasteiger partial charge in [0.1, 0.15) is 5.75 Å². The molecular weight excluding hydrogens is 304 g/mol. The zero-order chi connectivity index (χ0) is 16.9. The molecule has 0 atom stereocenters. The average molecular weight is 326 g/mol. The maximum Gasteiger partial charge on any atom is 0.255 e. The molecule has 6 heteroatoms. The van der Waals surface area contributed by atoms with Gasteiger partial charge in [-0.25, -0.2) is 0 Å². The Morgan fingerprint density at radius 1 is 1.17 bits per heavy atom. The molecule has 6 nitrogen and oxygen atoms in total.